The molecule has 0 N–H and O–H groups in total. The van der Waals surface area contributed by atoms with Gasteiger partial charge in [0.15, 0.2) is 0 Å². The van der Waals surface area contributed by atoms with Crippen LogP contribution in [0.4, 0.5) is 0 Å². The number of carbonyl (C=O) groups excluding carboxylic acids is 1. The summed E-state index contributed by atoms with van der Waals surface area (Å²) < 4.78 is 5.23. The SMILES string of the molecule is CC(=O)OC1=C[C@]2(C)CCCC[C@@H]2CC1. The van der Waals surface area contributed by atoms with Crippen LogP contribution in [0.5, 0.6) is 0 Å². The summed E-state index contributed by atoms with van der Waals surface area (Å²) in [5.41, 5.74) is 0.293. The molecule has 0 heterocycles. The van der Waals surface area contributed by atoms with Crippen LogP contribution in [-0.2, 0) is 9.53 Å². The Balaban J connectivity index is 2.13. The van der Waals surface area contributed by atoms with E-state index in [1.165, 1.54) is 39.0 Å². The molecule has 0 aliphatic heterocycles. The fourth-order valence-electron chi connectivity index (χ4n) is 3.12. The monoisotopic (exact) mass is 208 g/mol. The third kappa shape index (κ3) is 2.24. The predicted octanol–water partition coefficient (Wildman–Crippen LogP) is 3.42. The normalized spacial score (nSPS) is 35.3. The summed E-state index contributed by atoms with van der Waals surface area (Å²) >= 11 is 0. The topological polar surface area (TPSA) is 26.3 Å². The zero-order valence-corrected chi connectivity index (χ0v) is 9.71. The third-order valence-corrected chi connectivity index (χ3v) is 3.96. The third-order valence-electron chi connectivity index (χ3n) is 3.96. The zero-order chi connectivity index (χ0) is 10.9. The maximum atomic E-state index is 10.9. The van der Waals surface area contributed by atoms with E-state index in [0.717, 1.165) is 18.1 Å². The Bertz CT molecular complexity index is 293. The number of fused-ring (bicyclic) bond motifs is 1. The van der Waals surface area contributed by atoms with Gasteiger partial charge in [0, 0.05) is 13.3 Å². The fourth-order valence-corrected chi connectivity index (χ4v) is 3.12. The number of ether oxygens (including phenoxy) is 1. The lowest BCUT2D eigenvalue weighted by Crippen LogP contribution is -2.32. The highest BCUT2D eigenvalue weighted by molar-refractivity contribution is 5.67. The van der Waals surface area contributed by atoms with E-state index in [-0.39, 0.29) is 5.97 Å². The highest BCUT2D eigenvalue weighted by Crippen LogP contribution is 2.48. The number of hydrogen-bond donors (Lipinski definition) is 0. The van der Waals surface area contributed by atoms with Crippen LogP contribution in [0.25, 0.3) is 0 Å². The highest BCUT2D eigenvalue weighted by atomic mass is 16.5. The fraction of sp³-hybridized carbons (Fsp3) is 0.769. The smallest absolute Gasteiger partial charge is 0.307 e. The number of hydrogen-bond acceptors (Lipinski definition) is 2. The molecule has 2 aliphatic carbocycles. The van der Waals surface area contributed by atoms with Crippen LogP contribution in [0.15, 0.2) is 11.8 Å². The highest BCUT2D eigenvalue weighted by Gasteiger charge is 2.38. The molecule has 0 saturated heterocycles. The summed E-state index contributed by atoms with van der Waals surface area (Å²) in [6.45, 7) is 3.80. The van der Waals surface area contributed by atoms with E-state index in [2.05, 4.69) is 13.0 Å². The van der Waals surface area contributed by atoms with E-state index in [0.29, 0.717) is 5.41 Å². The molecule has 0 radical (unpaired) electrons. The Morgan fingerprint density at radius 3 is 3.00 bits per heavy atom. The first kappa shape index (κ1) is 10.7. The number of allylic oxidation sites excluding steroid dienone is 2. The van der Waals surface area contributed by atoms with Crippen molar-refractivity contribution in [3.05, 3.63) is 11.8 Å². The Hall–Kier alpha value is -0.790. The summed E-state index contributed by atoms with van der Waals surface area (Å²) in [6.07, 6.45) is 9.65. The average molecular weight is 208 g/mol. The molecule has 1 fully saturated rings. The van der Waals surface area contributed by atoms with Crippen LogP contribution < -0.4 is 0 Å². The first-order chi connectivity index (χ1) is 7.10. The van der Waals surface area contributed by atoms with Crippen molar-refractivity contribution >= 4 is 5.97 Å². The molecule has 1 saturated carbocycles. The lowest BCUT2D eigenvalue weighted by molar-refractivity contribution is -0.137. The van der Waals surface area contributed by atoms with Crippen molar-refractivity contribution in [2.24, 2.45) is 11.3 Å². The lowest BCUT2D eigenvalue weighted by atomic mass is 9.63. The van der Waals surface area contributed by atoms with Gasteiger partial charge in [0.2, 0.25) is 0 Å². The van der Waals surface area contributed by atoms with Gasteiger partial charge in [0.1, 0.15) is 5.76 Å². The van der Waals surface area contributed by atoms with Crippen molar-refractivity contribution in [2.75, 3.05) is 0 Å². The van der Waals surface area contributed by atoms with Gasteiger partial charge in [-0.05, 0) is 36.7 Å². The van der Waals surface area contributed by atoms with Gasteiger partial charge < -0.3 is 4.74 Å². The van der Waals surface area contributed by atoms with Crippen molar-refractivity contribution in [3.8, 4) is 0 Å². The van der Waals surface area contributed by atoms with Crippen LogP contribution >= 0.6 is 0 Å². The maximum absolute atomic E-state index is 10.9. The zero-order valence-electron chi connectivity index (χ0n) is 9.71. The van der Waals surface area contributed by atoms with Crippen molar-refractivity contribution < 1.29 is 9.53 Å². The van der Waals surface area contributed by atoms with Crippen molar-refractivity contribution in [1.82, 2.24) is 0 Å². The minimum atomic E-state index is -0.181. The summed E-state index contributed by atoms with van der Waals surface area (Å²) in [4.78, 5) is 10.9. The average Bonchev–Trinajstić information content (AvgIpc) is 2.15. The van der Waals surface area contributed by atoms with Crippen LogP contribution in [0.2, 0.25) is 0 Å². The van der Waals surface area contributed by atoms with Gasteiger partial charge in [-0.1, -0.05) is 19.8 Å². The number of esters is 1. The summed E-state index contributed by atoms with van der Waals surface area (Å²) in [7, 11) is 0. The molecule has 2 atom stereocenters. The van der Waals surface area contributed by atoms with E-state index in [9.17, 15) is 4.79 Å². The Morgan fingerprint density at radius 1 is 1.47 bits per heavy atom. The molecule has 2 rings (SSSR count). The summed E-state index contributed by atoms with van der Waals surface area (Å²) in [5.74, 6) is 1.54. The molecule has 0 spiro atoms. The van der Waals surface area contributed by atoms with Gasteiger partial charge in [-0.15, -0.1) is 0 Å². The Morgan fingerprint density at radius 2 is 2.27 bits per heavy atom. The van der Waals surface area contributed by atoms with Crippen molar-refractivity contribution in [3.63, 3.8) is 0 Å². The summed E-state index contributed by atoms with van der Waals surface area (Å²) in [5, 5.41) is 0. The molecule has 2 heteroatoms. The largest absolute Gasteiger partial charge is 0.432 e. The second-order valence-electron chi connectivity index (χ2n) is 5.19. The van der Waals surface area contributed by atoms with E-state index < -0.39 is 0 Å². The molecule has 0 unspecified atom stereocenters. The molecule has 0 aromatic carbocycles. The molecule has 0 bridgehead atoms. The molecular weight excluding hydrogens is 188 g/mol. The minimum absolute atomic E-state index is 0.181. The van der Waals surface area contributed by atoms with Gasteiger partial charge in [-0.3, -0.25) is 4.79 Å². The first-order valence-electron chi connectivity index (χ1n) is 6.00. The second-order valence-corrected chi connectivity index (χ2v) is 5.19. The molecule has 0 amide bonds. The van der Waals surface area contributed by atoms with Gasteiger partial charge >= 0.3 is 5.97 Å². The van der Waals surface area contributed by atoms with E-state index in [1.54, 1.807) is 0 Å². The van der Waals surface area contributed by atoms with Gasteiger partial charge in [0.25, 0.3) is 0 Å². The van der Waals surface area contributed by atoms with Crippen LogP contribution in [-0.4, -0.2) is 5.97 Å². The quantitative estimate of drug-likeness (QED) is 0.617. The first-order valence-corrected chi connectivity index (χ1v) is 6.00. The van der Waals surface area contributed by atoms with Gasteiger partial charge in [-0.2, -0.15) is 0 Å². The van der Waals surface area contributed by atoms with Crippen molar-refractivity contribution in [2.45, 2.75) is 52.4 Å². The van der Waals surface area contributed by atoms with Crippen molar-refractivity contribution in [1.29, 1.82) is 0 Å². The number of rotatable bonds is 1. The predicted molar refractivity (Wildman–Crippen MR) is 59.1 cm³/mol. The summed E-state index contributed by atoms with van der Waals surface area (Å²) in [6, 6.07) is 0. The lowest BCUT2D eigenvalue weighted by Gasteiger charge is -2.42. The van der Waals surface area contributed by atoms with Crippen LogP contribution in [0.3, 0.4) is 0 Å². The molecule has 2 nitrogen and oxygen atoms in total. The van der Waals surface area contributed by atoms with Gasteiger partial charge in [0.05, 0.1) is 0 Å². The maximum Gasteiger partial charge on any atom is 0.307 e. The Labute approximate surface area is 91.7 Å². The van der Waals surface area contributed by atoms with E-state index in [4.69, 9.17) is 4.74 Å². The standard InChI is InChI=1S/C13H20O2/c1-10(14)15-12-7-6-11-5-3-4-8-13(11,2)9-12/h9,11H,3-8H2,1-2H3/t11-,13+/m1/s1. The molecular formula is C13H20O2. The molecule has 84 valence electrons. The van der Waals surface area contributed by atoms with E-state index >= 15 is 0 Å². The van der Waals surface area contributed by atoms with Crippen LogP contribution in [0.1, 0.15) is 52.4 Å². The molecule has 0 aromatic rings. The molecule has 0 aromatic heterocycles. The minimum Gasteiger partial charge on any atom is -0.432 e. The molecule has 2 aliphatic rings. The van der Waals surface area contributed by atoms with E-state index in [1.807, 2.05) is 0 Å². The Kier molecular flexibility index (Phi) is 2.85. The number of carbonyl (C=O) groups is 1. The van der Waals surface area contributed by atoms with Crippen LogP contribution in [0, 0.1) is 11.3 Å². The van der Waals surface area contributed by atoms with Gasteiger partial charge in [-0.25, -0.2) is 0 Å². The second kappa shape index (κ2) is 3.99. The molecule has 15 heavy (non-hydrogen) atoms.